The molecule has 0 bridgehead atoms. The third-order valence-electron chi connectivity index (χ3n) is 7.36. The fourth-order valence-electron chi connectivity index (χ4n) is 5.19. The molecule has 0 radical (unpaired) electrons. The van der Waals surface area contributed by atoms with Crippen LogP contribution in [0.3, 0.4) is 0 Å². The van der Waals surface area contributed by atoms with Gasteiger partial charge in [-0.3, -0.25) is 9.69 Å². The highest BCUT2D eigenvalue weighted by atomic mass is 32.2. The number of amidine groups is 1. The summed E-state index contributed by atoms with van der Waals surface area (Å²) in [5, 5.41) is 5.81. The molecule has 210 valence electrons. The van der Waals surface area contributed by atoms with Crippen LogP contribution < -0.4 is 5.32 Å². The van der Waals surface area contributed by atoms with E-state index in [1.54, 1.807) is 0 Å². The van der Waals surface area contributed by atoms with Crippen LogP contribution in [0.5, 0.6) is 0 Å². The molecule has 1 fully saturated rings. The van der Waals surface area contributed by atoms with E-state index in [2.05, 4.69) is 28.4 Å². The van der Waals surface area contributed by atoms with E-state index in [1.807, 2.05) is 61.4 Å². The molecular weight excluding hydrogens is 524 g/mol. The quantitative estimate of drug-likeness (QED) is 0.454. The van der Waals surface area contributed by atoms with Crippen molar-refractivity contribution in [2.45, 2.75) is 39.8 Å². The molecule has 1 N–H and O–H groups in total. The zero-order chi connectivity index (χ0) is 28.1. The fourth-order valence-corrected chi connectivity index (χ4v) is 6.15. The van der Waals surface area contributed by atoms with Crippen molar-refractivity contribution >= 4 is 28.8 Å². The van der Waals surface area contributed by atoms with Crippen molar-refractivity contribution in [2.75, 3.05) is 39.4 Å². The molecular formula is C31H36N4O4S. The van der Waals surface area contributed by atoms with Gasteiger partial charge in [-0.1, -0.05) is 65.9 Å². The zero-order valence-corrected chi connectivity index (χ0v) is 24.1. The maximum atomic E-state index is 13.7. The van der Waals surface area contributed by atoms with Gasteiger partial charge in [0.05, 0.1) is 36.9 Å². The number of nitrogens with one attached hydrogen (secondary N) is 1. The number of benzene rings is 2. The Labute approximate surface area is 240 Å². The average molecular weight is 561 g/mol. The van der Waals surface area contributed by atoms with Crippen molar-refractivity contribution in [3.8, 4) is 0 Å². The minimum Gasteiger partial charge on any atom is -0.457 e. The summed E-state index contributed by atoms with van der Waals surface area (Å²) >= 11 is 1.48. The van der Waals surface area contributed by atoms with Crippen LogP contribution in [-0.4, -0.2) is 66.2 Å². The van der Waals surface area contributed by atoms with Crippen LogP contribution in [0.1, 0.15) is 41.6 Å². The number of thioether (sulfide) groups is 1. The van der Waals surface area contributed by atoms with E-state index in [0.717, 1.165) is 66.0 Å². The van der Waals surface area contributed by atoms with Crippen LogP contribution in [0.2, 0.25) is 0 Å². The monoisotopic (exact) mass is 560 g/mol. The number of aliphatic imine (C=N–C) groups is 1. The number of esters is 1. The van der Waals surface area contributed by atoms with Gasteiger partial charge in [-0.05, 0) is 42.9 Å². The lowest BCUT2D eigenvalue weighted by Gasteiger charge is -2.37. The number of hydrogen-bond acceptors (Lipinski definition) is 8. The highest BCUT2D eigenvalue weighted by molar-refractivity contribution is 8.16. The number of carbonyl (C=O) groups excluding carboxylic acids is 2. The van der Waals surface area contributed by atoms with Gasteiger partial charge in [0.25, 0.3) is 0 Å². The molecule has 1 amide bonds. The summed E-state index contributed by atoms with van der Waals surface area (Å²) in [7, 11) is 0. The molecule has 2 aromatic carbocycles. The molecule has 9 heteroatoms. The molecule has 1 atom stereocenters. The van der Waals surface area contributed by atoms with E-state index in [1.165, 1.54) is 11.8 Å². The van der Waals surface area contributed by atoms with Crippen LogP contribution in [0, 0.1) is 13.8 Å². The molecule has 0 saturated carbocycles. The van der Waals surface area contributed by atoms with Crippen molar-refractivity contribution < 1.29 is 19.1 Å². The molecule has 0 aromatic heterocycles. The molecule has 3 aliphatic rings. The second-order valence-corrected chi connectivity index (χ2v) is 11.1. The second-order valence-electron chi connectivity index (χ2n) is 10.3. The van der Waals surface area contributed by atoms with Crippen molar-refractivity contribution in [3.63, 3.8) is 0 Å². The number of amides is 1. The number of nitrogens with zero attached hydrogens (tertiary/aromatic N) is 3. The van der Waals surface area contributed by atoms with Gasteiger partial charge in [0, 0.05) is 31.9 Å². The summed E-state index contributed by atoms with van der Waals surface area (Å²) in [5.41, 5.74) is 6.02. The molecule has 3 heterocycles. The van der Waals surface area contributed by atoms with Gasteiger partial charge in [-0.15, -0.1) is 0 Å². The van der Waals surface area contributed by atoms with Gasteiger partial charge in [0.1, 0.15) is 6.61 Å². The molecule has 0 spiro atoms. The van der Waals surface area contributed by atoms with Crippen LogP contribution in [-0.2, 0) is 25.7 Å². The van der Waals surface area contributed by atoms with E-state index in [-0.39, 0.29) is 18.9 Å². The number of fused-ring (bicyclic) bond motifs is 1. The highest BCUT2D eigenvalue weighted by Gasteiger charge is 2.41. The Morgan fingerprint density at radius 2 is 1.88 bits per heavy atom. The second kappa shape index (κ2) is 12.8. The number of carbonyl (C=O) groups is 2. The lowest BCUT2D eigenvalue weighted by atomic mass is 9.90. The Kier molecular flexibility index (Phi) is 9.04. The number of aryl methyl sites for hydroxylation is 2. The summed E-state index contributed by atoms with van der Waals surface area (Å²) in [6.45, 7) is 10.7. The maximum absolute atomic E-state index is 13.7. The van der Waals surface area contributed by atoms with Crippen LogP contribution in [0.4, 0.5) is 0 Å². The van der Waals surface area contributed by atoms with Crippen molar-refractivity contribution in [2.24, 2.45) is 4.99 Å². The minimum absolute atomic E-state index is 0.0550. The summed E-state index contributed by atoms with van der Waals surface area (Å²) in [4.78, 5) is 35.8. The van der Waals surface area contributed by atoms with E-state index in [4.69, 9.17) is 14.5 Å². The summed E-state index contributed by atoms with van der Waals surface area (Å²) in [6, 6.07) is 15.5. The molecule has 40 heavy (non-hydrogen) atoms. The Morgan fingerprint density at radius 3 is 2.65 bits per heavy atom. The number of allylic oxidation sites excluding steroid dienone is 1. The standard InChI is InChI=1S/C31H36N4O4S/c1-21-9-10-22(2)26(17-21)29-28(30(37)39-19-24-7-5-4-6-8-24)23(3)33-31-35(29)25(20-40-31)18-27(36)32-11-12-34-13-15-38-16-14-34/h4-10,17,20,29H,11-16,18-19H2,1-3H3,(H,32,36)/t29-/m0/s1. The molecule has 0 aliphatic carbocycles. The SMILES string of the molecule is CC1=C(C(=O)OCc2ccccc2)[C@H](c2cc(C)ccc2C)N2C(CC(=O)NCCN3CCOCC3)=CSC2=N1. The highest BCUT2D eigenvalue weighted by Crippen LogP contribution is 2.45. The predicted octanol–water partition coefficient (Wildman–Crippen LogP) is 4.46. The first-order valence-corrected chi connectivity index (χ1v) is 14.6. The zero-order valence-electron chi connectivity index (χ0n) is 23.3. The molecule has 3 aliphatic heterocycles. The van der Waals surface area contributed by atoms with E-state index >= 15 is 0 Å². The normalized spacial score (nSPS) is 19.2. The maximum Gasteiger partial charge on any atom is 0.338 e. The van der Waals surface area contributed by atoms with Gasteiger partial charge in [-0.2, -0.15) is 0 Å². The smallest absolute Gasteiger partial charge is 0.338 e. The first-order chi connectivity index (χ1) is 19.4. The van der Waals surface area contributed by atoms with E-state index in [9.17, 15) is 9.59 Å². The van der Waals surface area contributed by atoms with Crippen molar-refractivity contribution in [1.29, 1.82) is 0 Å². The first-order valence-electron chi connectivity index (χ1n) is 13.7. The third kappa shape index (κ3) is 6.49. The number of hydrogen-bond donors (Lipinski definition) is 1. The van der Waals surface area contributed by atoms with Crippen molar-refractivity contribution in [3.05, 3.63) is 93.2 Å². The van der Waals surface area contributed by atoms with Gasteiger partial charge in [0.15, 0.2) is 5.17 Å². The Morgan fingerprint density at radius 1 is 1.10 bits per heavy atom. The summed E-state index contributed by atoms with van der Waals surface area (Å²) < 4.78 is 11.2. The van der Waals surface area contributed by atoms with Crippen LogP contribution >= 0.6 is 11.8 Å². The van der Waals surface area contributed by atoms with Gasteiger partial charge < -0.3 is 19.7 Å². The van der Waals surface area contributed by atoms with E-state index < -0.39 is 12.0 Å². The molecule has 0 unspecified atom stereocenters. The van der Waals surface area contributed by atoms with Gasteiger partial charge in [-0.25, -0.2) is 9.79 Å². The van der Waals surface area contributed by atoms with Gasteiger partial charge in [0.2, 0.25) is 5.91 Å². The molecule has 8 nitrogen and oxygen atoms in total. The lowest BCUT2D eigenvalue weighted by Crippen LogP contribution is -2.42. The van der Waals surface area contributed by atoms with Gasteiger partial charge >= 0.3 is 5.97 Å². The minimum atomic E-state index is -0.446. The predicted molar refractivity (Wildman–Crippen MR) is 157 cm³/mol. The number of ether oxygens (including phenoxy) is 2. The van der Waals surface area contributed by atoms with Crippen molar-refractivity contribution in [1.82, 2.24) is 15.1 Å². The number of morpholine rings is 1. The third-order valence-corrected chi connectivity index (χ3v) is 8.25. The Hall–Kier alpha value is -3.40. The van der Waals surface area contributed by atoms with E-state index in [0.29, 0.717) is 17.8 Å². The topological polar surface area (TPSA) is 83.5 Å². The molecule has 5 rings (SSSR count). The molecule has 1 saturated heterocycles. The largest absolute Gasteiger partial charge is 0.457 e. The number of rotatable bonds is 9. The summed E-state index contributed by atoms with van der Waals surface area (Å²) in [5.74, 6) is -0.457. The lowest BCUT2D eigenvalue weighted by molar-refractivity contribution is -0.141. The van der Waals surface area contributed by atoms with Crippen LogP contribution in [0.25, 0.3) is 0 Å². The fraction of sp³-hybridized carbons (Fsp3) is 0.387. The first kappa shape index (κ1) is 28.1. The summed E-state index contributed by atoms with van der Waals surface area (Å²) in [6.07, 6.45) is 0.196. The Balaban J connectivity index is 1.37. The Bertz CT molecular complexity index is 1350. The van der Waals surface area contributed by atoms with Crippen LogP contribution in [0.15, 0.2) is 75.9 Å². The molecule has 2 aromatic rings. The average Bonchev–Trinajstić information content (AvgIpc) is 3.35.